The quantitative estimate of drug-likeness (QED) is 0.513. The van der Waals surface area contributed by atoms with E-state index < -0.39 is 0 Å². The van der Waals surface area contributed by atoms with E-state index in [1.54, 1.807) is 0 Å². The molecule has 1 aliphatic heterocycles. The zero-order valence-electron chi connectivity index (χ0n) is 6.18. The van der Waals surface area contributed by atoms with Gasteiger partial charge in [0.15, 0.2) is 0 Å². The number of rotatable bonds is 0. The minimum atomic E-state index is 0. The Labute approximate surface area is 68.4 Å². The van der Waals surface area contributed by atoms with Gasteiger partial charge in [-0.2, -0.15) is 0 Å². The maximum absolute atomic E-state index is 3.26. The molecule has 2 nitrogen and oxygen atoms in total. The lowest BCUT2D eigenvalue weighted by atomic mass is 10.4. The minimum Gasteiger partial charge on any atom is -0.330 e. The number of hydrogen-bond acceptors (Lipinski definition) is 2. The van der Waals surface area contributed by atoms with E-state index in [4.69, 9.17) is 0 Å². The van der Waals surface area contributed by atoms with Gasteiger partial charge in [0.25, 0.3) is 0 Å². The fourth-order valence-electron chi connectivity index (χ4n) is 0.935. The van der Waals surface area contributed by atoms with Crippen LogP contribution in [0.25, 0.3) is 0 Å². The van der Waals surface area contributed by atoms with Crippen LogP contribution in [0.3, 0.4) is 0 Å². The summed E-state index contributed by atoms with van der Waals surface area (Å²) in [6, 6.07) is 3.03. The number of halogens is 1. The Hall–Kier alpha value is -0.390. The molecule has 1 heterocycles. The van der Waals surface area contributed by atoms with Crippen LogP contribution >= 0.6 is 12.4 Å². The van der Waals surface area contributed by atoms with Gasteiger partial charge in [-0.25, -0.2) is 0 Å². The van der Waals surface area contributed by atoms with Crippen molar-refractivity contribution in [3.8, 4) is 12.0 Å². The first-order chi connectivity index (χ1) is 4.43. The third-order valence-electron chi connectivity index (χ3n) is 1.39. The van der Waals surface area contributed by atoms with Crippen LogP contribution in [0, 0.1) is 12.0 Å². The Balaban J connectivity index is 0.000000810. The van der Waals surface area contributed by atoms with E-state index in [0.29, 0.717) is 0 Å². The van der Waals surface area contributed by atoms with Crippen molar-refractivity contribution in [1.82, 2.24) is 10.2 Å². The molecule has 1 saturated heterocycles. The van der Waals surface area contributed by atoms with Crippen LogP contribution < -0.4 is 5.32 Å². The van der Waals surface area contributed by atoms with Crippen LogP contribution in [0.1, 0.15) is 6.92 Å². The second-order valence-corrected chi connectivity index (χ2v) is 2.10. The lowest BCUT2D eigenvalue weighted by Gasteiger charge is -2.22. The average Bonchev–Trinajstić information content (AvgIpc) is 1.91. The topological polar surface area (TPSA) is 15.3 Å². The minimum absolute atomic E-state index is 0. The standard InChI is InChI=1S/C7H12N2.ClH/c1-2-5-9-6-3-8-4-7-9;/h8H,3-4,6-7H2,1H3;1H. The number of hydrogen-bond donors (Lipinski definition) is 1. The molecule has 0 aliphatic carbocycles. The normalized spacial score (nSPS) is 16.7. The molecule has 0 atom stereocenters. The summed E-state index contributed by atoms with van der Waals surface area (Å²) in [7, 11) is 0. The molecule has 10 heavy (non-hydrogen) atoms. The maximum atomic E-state index is 3.26. The highest BCUT2D eigenvalue weighted by Gasteiger charge is 2.03. The zero-order chi connectivity index (χ0) is 6.53. The molecular weight excluding hydrogens is 148 g/mol. The van der Waals surface area contributed by atoms with E-state index in [2.05, 4.69) is 22.2 Å². The summed E-state index contributed by atoms with van der Waals surface area (Å²) in [6.45, 7) is 6.17. The Morgan fingerprint density at radius 2 is 1.90 bits per heavy atom. The fourth-order valence-corrected chi connectivity index (χ4v) is 0.935. The molecule has 3 heteroatoms. The summed E-state index contributed by atoms with van der Waals surface area (Å²) in [4.78, 5) is 2.15. The molecular formula is C7H13ClN2. The Bertz CT molecular complexity index is 130. The molecule has 1 aliphatic rings. The van der Waals surface area contributed by atoms with Gasteiger partial charge < -0.3 is 10.2 Å². The van der Waals surface area contributed by atoms with Gasteiger partial charge in [0.05, 0.1) is 0 Å². The average molecular weight is 161 g/mol. The second-order valence-electron chi connectivity index (χ2n) is 2.10. The summed E-state index contributed by atoms with van der Waals surface area (Å²) in [5.41, 5.74) is 0. The first-order valence-corrected chi connectivity index (χ1v) is 3.31. The van der Waals surface area contributed by atoms with E-state index in [1.165, 1.54) is 0 Å². The lowest BCUT2D eigenvalue weighted by Crippen LogP contribution is -2.40. The van der Waals surface area contributed by atoms with Crippen LogP contribution in [0.5, 0.6) is 0 Å². The molecule has 0 spiro atoms. The van der Waals surface area contributed by atoms with Crippen LogP contribution in [0.2, 0.25) is 0 Å². The number of nitrogens with zero attached hydrogens (tertiary/aromatic N) is 1. The summed E-state index contributed by atoms with van der Waals surface area (Å²) in [6.07, 6.45) is 0. The van der Waals surface area contributed by atoms with Crippen molar-refractivity contribution in [3.63, 3.8) is 0 Å². The molecule has 0 aromatic carbocycles. The third-order valence-corrected chi connectivity index (χ3v) is 1.39. The smallest absolute Gasteiger partial charge is 0.0386 e. The maximum Gasteiger partial charge on any atom is 0.0386 e. The van der Waals surface area contributed by atoms with Gasteiger partial charge in [0.2, 0.25) is 0 Å². The summed E-state index contributed by atoms with van der Waals surface area (Å²) >= 11 is 0. The predicted molar refractivity (Wildman–Crippen MR) is 45.1 cm³/mol. The molecule has 0 aromatic rings. The van der Waals surface area contributed by atoms with Crippen LogP contribution in [-0.2, 0) is 0 Å². The fraction of sp³-hybridized carbons (Fsp3) is 0.714. The monoisotopic (exact) mass is 160 g/mol. The van der Waals surface area contributed by atoms with Crippen molar-refractivity contribution < 1.29 is 0 Å². The van der Waals surface area contributed by atoms with E-state index in [9.17, 15) is 0 Å². The Morgan fingerprint density at radius 1 is 1.30 bits per heavy atom. The van der Waals surface area contributed by atoms with E-state index in [-0.39, 0.29) is 12.4 Å². The summed E-state index contributed by atoms with van der Waals surface area (Å²) in [5.74, 6) is 2.89. The first kappa shape index (κ1) is 9.61. The van der Waals surface area contributed by atoms with Crippen molar-refractivity contribution in [2.45, 2.75) is 6.92 Å². The van der Waals surface area contributed by atoms with Crippen molar-refractivity contribution in [3.05, 3.63) is 0 Å². The van der Waals surface area contributed by atoms with Gasteiger partial charge in [-0.3, -0.25) is 0 Å². The molecule has 0 radical (unpaired) electrons. The number of piperazine rings is 1. The molecule has 0 unspecified atom stereocenters. The van der Waals surface area contributed by atoms with E-state index in [1.807, 2.05) is 6.92 Å². The highest BCUT2D eigenvalue weighted by Crippen LogP contribution is 1.87. The molecule has 1 rings (SSSR count). The van der Waals surface area contributed by atoms with Gasteiger partial charge in [0.1, 0.15) is 0 Å². The lowest BCUT2D eigenvalue weighted by molar-refractivity contribution is 0.341. The molecule has 0 aromatic heterocycles. The van der Waals surface area contributed by atoms with Gasteiger partial charge in [-0.1, -0.05) is 5.92 Å². The Morgan fingerprint density at radius 3 is 2.40 bits per heavy atom. The SMILES string of the molecule is CC#CN1CCNCC1.Cl. The van der Waals surface area contributed by atoms with Gasteiger partial charge in [-0.05, 0) is 6.92 Å². The highest BCUT2D eigenvalue weighted by molar-refractivity contribution is 5.85. The number of nitrogens with one attached hydrogen (secondary N) is 1. The van der Waals surface area contributed by atoms with Crippen molar-refractivity contribution in [1.29, 1.82) is 0 Å². The molecule has 1 N–H and O–H groups in total. The van der Waals surface area contributed by atoms with Crippen LogP contribution in [-0.4, -0.2) is 31.1 Å². The van der Waals surface area contributed by atoms with E-state index in [0.717, 1.165) is 26.2 Å². The molecule has 0 bridgehead atoms. The second kappa shape index (κ2) is 5.40. The third kappa shape index (κ3) is 2.95. The molecule has 0 saturated carbocycles. The van der Waals surface area contributed by atoms with Crippen LogP contribution in [0.4, 0.5) is 0 Å². The van der Waals surface area contributed by atoms with Crippen molar-refractivity contribution in [2.75, 3.05) is 26.2 Å². The molecule has 58 valence electrons. The van der Waals surface area contributed by atoms with Crippen molar-refractivity contribution >= 4 is 12.4 Å². The van der Waals surface area contributed by atoms with Gasteiger partial charge in [0, 0.05) is 32.2 Å². The first-order valence-electron chi connectivity index (χ1n) is 3.31. The molecule has 1 fully saturated rings. The van der Waals surface area contributed by atoms with Gasteiger partial charge in [-0.15, -0.1) is 12.4 Å². The largest absolute Gasteiger partial charge is 0.330 e. The molecule has 0 amide bonds. The van der Waals surface area contributed by atoms with Crippen molar-refractivity contribution in [2.24, 2.45) is 0 Å². The van der Waals surface area contributed by atoms with Crippen LogP contribution in [0.15, 0.2) is 0 Å². The summed E-state index contributed by atoms with van der Waals surface area (Å²) < 4.78 is 0. The van der Waals surface area contributed by atoms with E-state index >= 15 is 0 Å². The highest BCUT2D eigenvalue weighted by atomic mass is 35.5. The summed E-state index contributed by atoms with van der Waals surface area (Å²) in [5, 5.41) is 3.26. The zero-order valence-corrected chi connectivity index (χ0v) is 7.00. The predicted octanol–water partition coefficient (Wildman–Crippen LogP) is 0.294. The Kier molecular flexibility index (Phi) is 5.19. The van der Waals surface area contributed by atoms with Gasteiger partial charge >= 0.3 is 0 Å².